The summed E-state index contributed by atoms with van der Waals surface area (Å²) in [5, 5.41) is 13.8. The van der Waals surface area contributed by atoms with Crippen LogP contribution in [-0.2, 0) is 9.59 Å². The first-order valence-corrected chi connectivity index (χ1v) is 8.17. The molecule has 1 saturated heterocycles. The minimum Gasteiger partial charge on any atom is -0.298 e. The quantitative estimate of drug-likeness (QED) is 0.278. The fourth-order valence-electron chi connectivity index (χ4n) is 2.44. The largest absolute Gasteiger partial charge is 0.298 e. The molecule has 27 heavy (non-hydrogen) atoms. The van der Waals surface area contributed by atoms with Crippen molar-refractivity contribution in [2.45, 2.75) is 0 Å². The topological polar surface area (TPSA) is 92.6 Å². The summed E-state index contributed by atoms with van der Waals surface area (Å²) in [6.45, 7) is 0. The average Bonchev–Trinajstić information content (AvgIpc) is 2.60. The number of anilines is 1. The van der Waals surface area contributed by atoms with Crippen molar-refractivity contribution >= 4 is 58.2 Å². The normalized spacial score (nSPS) is 15.9. The zero-order valence-corrected chi connectivity index (χ0v) is 14.9. The molecule has 2 aromatic carbocycles. The molecule has 10 heteroatoms. The third kappa shape index (κ3) is 3.69. The first-order chi connectivity index (χ1) is 12.8. The van der Waals surface area contributed by atoms with Crippen LogP contribution in [0.5, 0.6) is 0 Å². The van der Waals surface area contributed by atoms with Crippen LogP contribution in [0.4, 0.5) is 15.8 Å². The number of nitrogens with one attached hydrogen (secondary N) is 1. The molecule has 0 spiro atoms. The van der Waals surface area contributed by atoms with Gasteiger partial charge >= 0.3 is 0 Å². The van der Waals surface area contributed by atoms with Crippen LogP contribution in [0.25, 0.3) is 6.08 Å². The molecule has 1 fully saturated rings. The lowest BCUT2D eigenvalue weighted by atomic mass is 10.1. The van der Waals surface area contributed by atoms with E-state index in [1.807, 2.05) is 0 Å². The highest BCUT2D eigenvalue weighted by molar-refractivity contribution is 7.80. The number of carbonyl (C=O) groups is 2. The second-order valence-electron chi connectivity index (χ2n) is 5.39. The summed E-state index contributed by atoms with van der Waals surface area (Å²) in [5.41, 5.74) is -0.751. The Morgan fingerprint density at radius 3 is 2.48 bits per heavy atom. The average molecular weight is 406 g/mol. The van der Waals surface area contributed by atoms with Crippen LogP contribution in [0.1, 0.15) is 5.56 Å². The van der Waals surface area contributed by atoms with Gasteiger partial charge in [-0.1, -0.05) is 11.6 Å². The molecule has 0 aliphatic carbocycles. The molecule has 0 unspecified atom stereocenters. The van der Waals surface area contributed by atoms with E-state index in [4.69, 9.17) is 23.8 Å². The molecule has 1 aliphatic heterocycles. The molecule has 0 aromatic heterocycles. The maximum absolute atomic E-state index is 13.5. The van der Waals surface area contributed by atoms with Crippen molar-refractivity contribution in [2.24, 2.45) is 0 Å². The van der Waals surface area contributed by atoms with Gasteiger partial charge in [-0.15, -0.1) is 0 Å². The van der Waals surface area contributed by atoms with Crippen LogP contribution in [0.2, 0.25) is 5.02 Å². The molecule has 136 valence electrons. The van der Waals surface area contributed by atoms with Crippen molar-refractivity contribution in [3.63, 3.8) is 0 Å². The van der Waals surface area contributed by atoms with Gasteiger partial charge in [0.2, 0.25) is 0 Å². The van der Waals surface area contributed by atoms with Crippen molar-refractivity contribution in [2.75, 3.05) is 4.90 Å². The summed E-state index contributed by atoms with van der Waals surface area (Å²) >= 11 is 10.9. The molecule has 0 bridgehead atoms. The van der Waals surface area contributed by atoms with Crippen LogP contribution in [-0.4, -0.2) is 21.9 Å². The summed E-state index contributed by atoms with van der Waals surface area (Å²) in [5.74, 6) is -2.39. The zero-order valence-electron chi connectivity index (χ0n) is 13.3. The third-order valence-corrected chi connectivity index (χ3v) is 4.21. The molecule has 1 aliphatic rings. The number of nitro groups is 1. The minimum atomic E-state index is -0.839. The summed E-state index contributed by atoms with van der Waals surface area (Å²) in [7, 11) is 0. The monoisotopic (exact) mass is 405 g/mol. The van der Waals surface area contributed by atoms with E-state index in [1.54, 1.807) is 0 Å². The fourth-order valence-corrected chi connectivity index (χ4v) is 2.85. The van der Waals surface area contributed by atoms with E-state index in [2.05, 4.69) is 5.32 Å². The van der Waals surface area contributed by atoms with E-state index >= 15 is 0 Å². The van der Waals surface area contributed by atoms with E-state index in [0.717, 1.165) is 29.2 Å². The molecule has 0 atom stereocenters. The lowest BCUT2D eigenvalue weighted by Gasteiger charge is -2.28. The summed E-state index contributed by atoms with van der Waals surface area (Å²) in [6.07, 6.45) is 0.962. The second kappa shape index (κ2) is 7.22. The number of rotatable bonds is 3. The number of nitrogens with zero attached hydrogens (tertiary/aromatic N) is 2. The van der Waals surface area contributed by atoms with Gasteiger partial charge in [0.15, 0.2) is 5.11 Å². The van der Waals surface area contributed by atoms with Gasteiger partial charge in [0.25, 0.3) is 17.5 Å². The maximum Gasteiger partial charge on any atom is 0.276 e. The Bertz CT molecular complexity index is 1020. The summed E-state index contributed by atoms with van der Waals surface area (Å²) < 4.78 is 13.5. The second-order valence-corrected chi connectivity index (χ2v) is 6.22. The molecule has 1 N–H and O–H groups in total. The van der Waals surface area contributed by atoms with Crippen molar-refractivity contribution in [1.29, 1.82) is 0 Å². The molecule has 0 radical (unpaired) electrons. The molecular formula is C17H9ClFN3O4S. The summed E-state index contributed by atoms with van der Waals surface area (Å²) in [4.78, 5) is 36.5. The molecule has 0 saturated carbocycles. The first kappa shape index (κ1) is 18.6. The summed E-state index contributed by atoms with van der Waals surface area (Å²) in [6, 6.07) is 8.84. The third-order valence-electron chi connectivity index (χ3n) is 3.67. The van der Waals surface area contributed by atoms with E-state index < -0.39 is 33.8 Å². The molecule has 3 rings (SSSR count). The first-order valence-electron chi connectivity index (χ1n) is 7.39. The van der Waals surface area contributed by atoms with Gasteiger partial charge in [0.05, 0.1) is 16.2 Å². The predicted molar refractivity (Wildman–Crippen MR) is 101 cm³/mol. The SMILES string of the molecule is O=C1NC(=S)N(c2ccc(Cl)cc2)C(=O)C1=Cc1cc(F)ccc1[N+](=O)[O-]. The molecule has 1 heterocycles. The highest BCUT2D eigenvalue weighted by Crippen LogP contribution is 2.26. The minimum absolute atomic E-state index is 0.154. The standard InChI is InChI=1S/C17H9ClFN3O4S/c18-10-1-4-12(5-2-10)21-16(24)13(15(23)20-17(21)27)8-9-7-11(19)3-6-14(9)22(25)26/h1-8H,(H,20,23,27). The van der Waals surface area contributed by atoms with Crippen molar-refractivity contribution in [3.8, 4) is 0 Å². The number of thiocarbonyl (C=S) groups is 1. The van der Waals surface area contributed by atoms with Crippen LogP contribution in [0.15, 0.2) is 48.0 Å². The van der Waals surface area contributed by atoms with E-state index in [0.29, 0.717) is 10.7 Å². The Kier molecular flexibility index (Phi) is 4.98. The van der Waals surface area contributed by atoms with Gasteiger partial charge in [0.1, 0.15) is 11.4 Å². The van der Waals surface area contributed by atoms with Gasteiger partial charge in [-0.2, -0.15) is 0 Å². The van der Waals surface area contributed by atoms with Crippen LogP contribution < -0.4 is 10.2 Å². The Balaban J connectivity index is 2.09. The Hall–Kier alpha value is -3.17. The van der Waals surface area contributed by atoms with Crippen LogP contribution in [0.3, 0.4) is 0 Å². The van der Waals surface area contributed by atoms with Crippen LogP contribution in [0, 0.1) is 15.9 Å². The Labute approximate surface area is 162 Å². The number of halogens is 2. The molecular weight excluding hydrogens is 397 g/mol. The fraction of sp³-hybridized carbons (Fsp3) is 0. The van der Waals surface area contributed by atoms with E-state index in [1.165, 1.54) is 24.3 Å². The molecule has 2 amide bonds. The van der Waals surface area contributed by atoms with Crippen molar-refractivity contribution in [3.05, 3.63) is 74.6 Å². The molecule has 7 nitrogen and oxygen atoms in total. The highest BCUT2D eigenvalue weighted by atomic mass is 35.5. The van der Waals surface area contributed by atoms with Gasteiger partial charge in [0, 0.05) is 11.1 Å². The Morgan fingerprint density at radius 1 is 1.19 bits per heavy atom. The zero-order chi connectivity index (χ0) is 19.7. The number of benzene rings is 2. The van der Waals surface area contributed by atoms with Crippen molar-refractivity contribution in [1.82, 2.24) is 5.32 Å². The van der Waals surface area contributed by atoms with Gasteiger partial charge in [-0.25, -0.2) is 4.39 Å². The predicted octanol–water partition coefficient (Wildman–Crippen LogP) is 3.22. The van der Waals surface area contributed by atoms with Gasteiger partial charge in [-0.3, -0.25) is 29.9 Å². The Morgan fingerprint density at radius 2 is 1.85 bits per heavy atom. The van der Waals surface area contributed by atoms with E-state index in [-0.39, 0.29) is 10.7 Å². The number of nitro benzene ring substituents is 1. The smallest absolute Gasteiger partial charge is 0.276 e. The number of hydrogen-bond donors (Lipinski definition) is 1. The number of hydrogen-bond acceptors (Lipinski definition) is 5. The number of carbonyl (C=O) groups excluding carboxylic acids is 2. The van der Waals surface area contributed by atoms with Gasteiger partial charge in [-0.05, 0) is 54.7 Å². The maximum atomic E-state index is 13.5. The number of amides is 2. The lowest BCUT2D eigenvalue weighted by molar-refractivity contribution is -0.385. The highest BCUT2D eigenvalue weighted by Gasteiger charge is 2.35. The lowest BCUT2D eigenvalue weighted by Crippen LogP contribution is -2.54. The van der Waals surface area contributed by atoms with Crippen LogP contribution >= 0.6 is 23.8 Å². The van der Waals surface area contributed by atoms with Gasteiger partial charge < -0.3 is 0 Å². The van der Waals surface area contributed by atoms with Crippen molar-refractivity contribution < 1.29 is 18.9 Å². The molecule has 2 aromatic rings. The van der Waals surface area contributed by atoms with E-state index in [9.17, 15) is 24.1 Å².